The van der Waals surface area contributed by atoms with E-state index in [-0.39, 0.29) is 36.4 Å². The lowest BCUT2D eigenvalue weighted by Gasteiger charge is -2.32. The van der Waals surface area contributed by atoms with E-state index in [9.17, 15) is 9.59 Å². The summed E-state index contributed by atoms with van der Waals surface area (Å²) in [5.41, 5.74) is 2.73. The van der Waals surface area contributed by atoms with Crippen LogP contribution in [0.1, 0.15) is 51.3 Å². The molecule has 3 aromatic carbocycles. The first-order chi connectivity index (χ1) is 18.3. The fraction of sp³-hybridized carbons (Fsp3) is 0.355. The van der Waals surface area contributed by atoms with Gasteiger partial charge in [-0.2, -0.15) is 0 Å². The summed E-state index contributed by atoms with van der Waals surface area (Å²) in [6, 6.07) is 19.7. The molecular weight excluding hydrogens is 599 g/mol. The smallest absolute Gasteiger partial charge is 0.261 e. The van der Waals surface area contributed by atoms with Gasteiger partial charge in [0.2, 0.25) is 5.91 Å². The van der Waals surface area contributed by atoms with Crippen LogP contribution >= 0.6 is 39.1 Å². The van der Waals surface area contributed by atoms with Crippen molar-refractivity contribution in [2.45, 2.75) is 65.1 Å². The van der Waals surface area contributed by atoms with E-state index in [1.54, 1.807) is 18.2 Å². The van der Waals surface area contributed by atoms with Gasteiger partial charge in [-0.3, -0.25) is 9.59 Å². The summed E-state index contributed by atoms with van der Waals surface area (Å²) in [6.07, 6.45) is 0.334. The number of hydrogen-bond acceptors (Lipinski definition) is 3. The lowest BCUT2D eigenvalue weighted by atomic mass is 9.87. The molecule has 0 aliphatic carbocycles. The van der Waals surface area contributed by atoms with Crippen molar-refractivity contribution < 1.29 is 14.3 Å². The molecule has 0 bridgehead atoms. The molecule has 3 aromatic rings. The first kappa shape index (κ1) is 31.0. The van der Waals surface area contributed by atoms with E-state index < -0.39 is 6.04 Å². The molecule has 8 heteroatoms. The topological polar surface area (TPSA) is 58.6 Å². The Morgan fingerprint density at radius 2 is 1.69 bits per heavy atom. The Bertz CT molecular complexity index is 1290. The standard InChI is InChI=1S/C31H35BrCl2N2O3/c1-20(2)35-30(38)27(15-21-9-7-6-8-10-21)36(18-22-11-13-24(33)17-26(22)34)29(37)19-39-28-14-12-23(16-25(28)32)31(3,4)5/h6-14,16-17,20,27H,15,18-19H2,1-5H3,(H,35,38)/t27-/m0/s1. The second-order valence-corrected chi connectivity index (χ2v) is 12.5. The van der Waals surface area contributed by atoms with Gasteiger partial charge in [0.15, 0.2) is 6.61 Å². The summed E-state index contributed by atoms with van der Waals surface area (Å²) < 4.78 is 6.73. The second-order valence-electron chi connectivity index (χ2n) is 10.8. The van der Waals surface area contributed by atoms with Crippen LogP contribution in [0.4, 0.5) is 0 Å². The lowest BCUT2D eigenvalue weighted by molar-refractivity contribution is -0.143. The number of amides is 2. The minimum absolute atomic E-state index is 0.0278. The van der Waals surface area contributed by atoms with Crippen LogP contribution in [0, 0.1) is 0 Å². The molecule has 0 radical (unpaired) electrons. The van der Waals surface area contributed by atoms with Crippen LogP contribution in [0.5, 0.6) is 5.75 Å². The van der Waals surface area contributed by atoms with Crippen LogP contribution in [-0.4, -0.2) is 35.4 Å². The fourth-order valence-corrected chi connectivity index (χ4v) is 5.04. The molecule has 0 unspecified atom stereocenters. The normalized spacial score (nSPS) is 12.2. The van der Waals surface area contributed by atoms with Crippen LogP contribution in [0.15, 0.2) is 71.2 Å². The highest BCUT2D eigenvalue weighted by atomic mass is 79.9. The first-order valence-corrected chi connectivity index (χ1v) is 14.4. The monoisotopic (exact) mass is 632 g/mol. The lowest BCUT2D eigenvalue weighted by Crippen LogP contribution is -2.52. The van der Waals surface area contributed by atoms with Crippen molar-refractivity contribution in [3.63, 3.8) is 0 Å². The highest BCUT2D eigenvalue weighted by Gasteiger charge is 2.31. The minimum Gasteiger partial charge on any atom is -0.483 e. The van der Waals surface area contributed by atoms with E-state index in [4.69, 9.17) is 27.9 Å². The van der Waals surface area contributed by atoms with Gasteiger partial charge in [0.25, 0.3) is 5.91 Å². The van der Waals surface area contributed by atoms with Crippen molar-refractivity contribution in [3.8, 4) is 5.75 Å². The molecule has 0 fully saturated rings. The third-order valence-electron chi connectivity index (χ3n) is 6.21. The van der Waals surface area contributed by atoms with Gasteiger partial charge in [0.1, 0.15) is 11.8 Å². The number of halogens is 3. The van der Waals surface area contributed by atoms with Gasteiger partial charge in [-0.05, 0) is 76.1 Å². The maximum atomic E-state index is 13.8. The van der Waals surface area contributed by atoms with Crippen molar-refractivity contribution in [1.29, 1.82) is 0 Å². The Morgan fingerprint density at radius 1 is 1.00 bits per heavy atom. The van der Waals surface area contributed by atoms with E-state index in [1.807, 2.05) is 62.4 Å². The zero-order valence-electron chi connectivity index (χ0n) is 22.9. The molecule has 208 valence electrons. The SMILES string of the molecule is CC(C)NC(=O)[C@H](Cc1ccccc1)N(Cc1ccc(Cl)cc1Cl)C(=O)COc1ccc(C(C)(C)C)cc1Br. The zero-order valence-corrected chi connectivity index (χ0v) is 26.0. The van der Waals surface area contributed by atoms with E-state index in [1.165, 1.54) is 4.90 Å². The number of hydrogen-bond donors (Lipinski definition) is 1. The zero-order chi connectivity index (χ0) is 28.7. The quantitative estimate of drug-likeness (QED) is 0.250. The van der Waals surface area contributed by atoms with E-state index in [2.05, 4.69) is 42.0 Å². The van der Waals surface area contributed by atoms with Gasteiger partial charge >= 0.3 is 0 Å². The predicted octanol–water partition coefficient (Wildman–Crippen LogP) is 7.60. The Kier molecular flexibility index (Phi) is 10.9. The van der Waals surface area contributed by atoms with Crippen LogP contribution in [0.25, 0.3) is 0 Å². The third kappa shape index (κ3) is 8.99. The molecular formula is C31H35BrCl2N2O3. The number of nitrogens with one attached hydrogen (secondary N) is 1. The number of carbonyl (C=O) groups is 2. The van der Waals surface area contributed by atoms with Crippen LogP contribution in [-0.2, 0) is 28.0 Å². The van der Waals surface area contributed by atoms with E-state index >= 15 is 0 Å². The minimum atomic E-state index is -0.788. The Balaban J connectivity index is 1.94. The fourth-order valence-electron chi connectivity index (χ4n) is 4.07. The molecule has 0 aromatic heterocycles. The molecule has 39 heavy (non-hydrogen) atoms. The molecule has 1 N–H and O–H groups in total. The number of rotatable bonds is 10. The number of benzene rings is 3. The van der Waals surface area contributed by atoms with Crippen LogP contribution < -0.4 is 10.1 Å². The number of ether oxygens (including phenoxy) is 1. The molecule has 0 heterocycles. The van der Waals surface area contributed by atoms with Gasteiger partial charge < -0.3 is 15.0 Å². The summed E-state index contributed by atoms with van der Waals surface area (Å²) in [4.78, 5) is 28.8. The molecule has 0 spiro atoms. The number of carbonyl (C=O) groups excluding carboxylic acids is 2. The van der Waals surface area contributed by atoms with Gasteiger partial charge in [-0.1, -0.05) is 86.4 Å². The highest BCUT2D eigenvalue weighted by Crippen LogP contribution is 2.32. The van der Waals surface area contributed by atoms with Gasteiger partial charge in [-0.25, -0.2) is 0 Å². The molecule has 1 atom stereocenters. The van der Waals surface area contributed by atoms with Crippen LogP contribution in [0.2, 0.25) is 10.0 Å². The second kappa shape index (κ2) is 13.7. The van der Waals surface area contributed by atoms with Gasteiger partial charge in [-0.15, -0.1) is 0 Å². The molecule has 2 amide bonds. The summed E-state index contributed by atoms with van der Waals surface area (Å²) in [7, 11) is 0. The maximum Gasteiger partial charge on any atom is 0.261 e. The average molecular weight is 634 g/mol. The molecule has 0 aliphatic rings. The van der Waals surface area contributed by atoms with Crippen molar-refractivity contribution in [3.05, 3.63) is 97.9 Å². The highest BCUT2D eigenvalue weighted by molar-refractivity contribution is 9.10. The summed E-state index contributed by atoms with van der Waals surface area (Å²) in [5.74, 6) is -0.0391. The third-order valence-corrected chi connectivity index (χ3v) is 7.41. The van der Waals surface area contributed by atoms with Crippen molar-refractivity contribution in [1.82, 2.24) is 10.2 Å². The molecule has 0 saturated heterocycles. The average Bonchev–Trinajstić information content (AvgIpc) is 2.86. The largest absolute Gasteiger partial charge is 0.483 e. The Labute approximate surface area is 250 Å². The Morgan fingerprint density at radius 3 is 2.28 bits per heavy atom. The molecule has 3 rings (SSSR count). The summed E-state index contributed by atoms with van der Waals surface area (Å²) >= 11 is 16.2. The van der Waals surface area contributed by atoms with Gasteiger partial charge in [0, 0.05) is 29.1 Å². The molecule has 5 nitrogen and oxygen atoms in total. The van der Waals surface area contributed by atoms with Crippen LogP contribution in [0.3, 0.4) is 0 Å². The van der Waals surface area contributed by atoms with E-state index in [0.717, 1.165) is 15.6 Å². The molecule has 0 aliphatic heterocycles. The number of nitrogens with zero attached hydrogens (tertiary/aromatic N) is 1. The predicted molar refractivity (Wildman–Crippen MR) is 163 cm³/mol. The summed E-state index contributed by atoms with van der Waals surface area (Å²) in [5, 5.41) is 3.89. The maximum absolute atomic E-state index is 13.8. The first-order valence-electron chi connectivity index (χ1n) is 12.9. The Hall–Kier alpha value is -2.54. The van der Waals surface area contributed by atoms with E-state index in [0.29, 0.717) is 27.8 Å². The summed E-state index contributed by atoms with van der Waals surface area (Å²) in [6.45, 7) is 10.0. The van der Waals surface area contributed by atoms with Crippen molar-refractivity contribution >= 4 is 50.9 Å². The molecule has 0 saturated carbocycles. The van der Waals surface area contributed by atoms with Crippen molar-refractivity contribution in [2.24, 2.45) is 0 Å². The van der Waals surface area contributed by atoms with Gasteiger partial charge in [0.05, 0.1) is 4.47 Å². The van der Waals surface area contributed by atoms with Crippen molar-refractivity contribution in [2.75, 3.05) is 6.61 Å².